The van der Waals surface area contributed by atoms with E-state index in [9.17, 15) is 14.0 Å². The highest BCUT2D eigenvalue weighted by Gasteiger charge is 2.06. The lowest BCUT2D eigenvalue weighted by Gasteiger charge is -2.06. The van der Waals surface area contributed by atoms with Crippen molar-refractivity contribution in [1.82, 2.24) is 5.32 Å². The maximum Gasteiger partial charge on any atom is 0.331 e. The smallest absolute Gasteiger partial charge is 0.331 e. The van der Waals surface area contributed by atoms with Gasteiger partial charge < -0.3 is 10.1 Å². The van der Waals surface area contributed by atoms with Gasteiger partial charge in [-0.2, -0.15) is 0 Å². The largest absolute Gasteiger partial charge is 0.452 e. The molecular weight excluding hydrogens is 333 g/mol. The number of rotatable bonds is 6. The third-order valence-corrected chi connectivity index (χ3v) is 3.43. The van der Waals surface area contributed by atoms with Gasteiger partial charge in [0.25, 0.3) is 5.91 Å². The lowest BCUT2D eigenvalue weighted by atomic mass is 10.2. The Morgan fingerprint density at radius 3 is 2.54 bits per heavy atom. The summed E-state index contributed by atoms with van der Waals surface area (Å²) in [5.41, 5.74) is 1.42. The Bertz CT molecular complexity index is 744. The molecule has 2 rings (SSSR count). The lowest BCUT2D eigenvalue weighted by Crippen LogP contribution is -2.28. The van der Waals surface area contributed by atoms with Gasteiger partial charge in [0.05, 0.1) is 0 Å². The molecule has 0 bridgehead atoms. The number of esters is 1. The van der Waals surface area contributed by atoms with E-state index < -0.39 is 18.5 Å². The van der Waals surface area contributed by atoms with Gasteiger partial charge in [0.15, 0.2) is 6.61 Å². The standard InChI is InChI=1S/C18H15ClFNO3/c19-16-4-2-1-3-14(16)11-21-17(22)12-24-18(23)10-7-13-5-8-15(20)9-6-13/h1-10H,11-12H2,(H,21,22)/b10-7+. The summed E-state index contributed by atoms with van der Waals surface area (Å²) in [6.07, 6.45) is 2.65. The van der Waals surface area contributed by atoms with E-state index in [1.54, 1.807) is 18.2 Å². The number of carbonyl (C=O) groups is 2. The monoisotopic (exact) mass is 347 g/mol. The van der Waals surface area contributed by atoms with Crippen LogP contribution in [-0.2, 0) is 20.9 Å². The highest BCUT2D eigenvalue weighted by atomic mass is 35.5. The second-order valence-electron chi connectivity index (χ2n) is 4.86. The van der Waals surface area contributed by atoms with Gasteiger partial charge in [-0.1, -0.05) is 41.9 Å². The van der Waals surface area contributed by atoms with Crippen LogP contribution in [0.25, 0.3) is 6.08 Å². The predicted molar refractivity (Wildman–Crippen MR) is 89.7 cm³/mol. The number of benzene rings is 2. The van der Waals surface area contributed by atoms with Gasteiger partial charge in [-0.15, -0.1) is 0 Å². The van der Waals surface area contributed by atoms with Gasteiger partial charge in [-0.3, -0.25) is 4.79 Å². The van der Waals surface area contributed by atoms with Crippen LogP contribution in [0.1, 0.15) is 11.1 Å². The van der Waals surface area contributed by atoms with E-state index in [2.05, 4.69) is 5.32 Å². The number of nitrogens with one attached hydrogen (secondary N) is 1. The molecule has 1 N–H and O–H groups in total. The molecule has 0 atom stereocenters. The maximum atomic E-state index is 12.7. The molecule has 0 saturated carbocycles. The Hall–Kier alpha value is -2.66. The minimum Gasteiger partial charge on any atom is -0.452 e. The molecule has 2 aromatic rings. The summed E-state index contributed by atoms with van der Waals surface area (Å²) in [5, 5.41) is 3.16. The normalized spacial score (nSPS) is 10.6. The van der Waals surface area contributed by atoms with Crippen LogP contribution in [0.4, 0.5) is 4.39 Å². The van der Waals surface area contributed by atoms with Gasteiger partial charge in [0.2, 0.25) is 0 Å². The van der Waals surface area contributed by atoms with E-state index >= 15 is 0 Å². The number of halogens is 2. The molecule has 0 saturated heterocycles. The Labute approximate surface area is 143 Å². The Morgan fingerprint density at radius 1 is 1.12 bits per heavy atom. The fourth-order valence-electron chi connectivity index (χ4n) is 1.81. The van der Waals surface area contributed by atoms with Gasteiger partial charge in [-0.25, -0.2) is 9.18 Å². The zero-order valence-electron chi connectivity index (χ0n) is 12.7. The Morgan fingerprint density at radius 2 is 1.83 bits per heavy atom. The Balaban J connectivity index is 1.74. The van der Waals surface area contributed by atoms with Gasteiger partial charge >= 0.3 is 5.97 Å². The summed E-state index contributed by atoms with van der Waals surface area (Å²) in [4.78, 5) is 23.2. The number of ether oxygens (including phenoxy) is 1. The van der Waals surface area contributed by atoms with Crippen LogP contribution in [0, 0.1) is 5.82 Å². The molecule has 0 aliphatic carbocycles. The molecule has 0 aliphatic rings. The van der Waals surface area contributed by atoms with Gasteiger partial charge in [-0.05, 0) is 35.4 Å². The van der Waals surface area contributed by atoms with Crippen molar-refractivity contribution in [3.63, 3.8) is 0 Å². The molecule has 0 fully saturated rings. The summed E-state index contributed by atoms with van der Waals surface area (Å²) in [7, 11) is 0. The SMILES string of the molecule is O=C(COC(=O)/C=C/c1ccc(F)cc1)NCc1ccccc1Cl. The van der Waals surface area contributed by atoms with E-state index in [0.29, 0.717) is 10.6 Å². The van der Waals surface area contributed by atoms with Gasteiger partial charge in [0.1, 0.15) is 5.82 Å². The lowest BCUT2D eigenvalue weighted by molar-refractivity contribution is -0.143. The van der Waals surface area contributed by atoms with Crippen LogP contribution >= 0.6 is 11.6 Å². The molecule has 2 aromatic carbocycles. The van der Waals surface area contributed by atoms with Crippen molar-refractivity contribution in [2.45, 2.75) is 6.54 Å². The van der Waals surface area contributed by atoms with E-state index in [0.717, 1.165) is 5.56 Å². The molecule has 0 unspecified atom stereocenters. The minimum atomic E-state index is -0.660. The molecule has 0 heterocycles. The fourth-order valence-corrected chi connectivity index (χ4v) is 2.01. The minimum absolute atomic E-state index is 0.251. The van der Waals surface area contributed by atoms with E-state index in [-0.39, 0.29) is 12.4 Å². The summed E-state index contributed by atoms with van der Waals surface area (Å²) < 4.78 is 17.6. The van der Waals surface area contributed by atoms with Crippen LogP contribution in [0.15, 0.2) is 54.6 Å². The van der Waals surface area contributed by atoms with Crippen molar-refractivity contribution in [2.75, 3.05) is 6.61 Å². The topological polar surface area (TPSA) is 55.4 Å². The van der Waals surface area contributed by atoms with Crippen molar-refractivity contribution in [3.8, 4) is 0 Å². The van der Waals surface area contributed by atoms with Crippen LogP contribution in [-0.4, -0.2) is 18.5 Å². The first-order valence-electron chi connectivity index (χ1n) is 7.15. The molecule has 6 heteroatoms. The van der Waals surface area contributed by atoms with Crippen molar-refractivity contribution in [1.29, 1.82) is 0 Å². The predicted octanol–water partition coefficient (Wildman–Crippen LogP) is 3.35. The van der Waals surface area contributed by atoms with Crippen molar-refractivity contribution in [2.24, 2.45) is 0 Å². The zero-order valence-corrected chi connectivity index (χ0v) is 13.4. The average Bonchev–Trinajstić information content (AvgIpc) is 2.58. The molecule has 0 spiro atoms. The third kappa shape index (κ3) is 5.85. The van der Waals surface area contributed by atoms with Crippen molar-refractivity contribution in [3.05, 3.63) is 76.6 Å². The van der Waals surface area contributed by atoms with Crippen molar-refractivity contribution >= 4 is 29.6 Å². The van der Waals surface area contributed by atoms with Crippen LogP contribution in [0.2, 0.25) is 5.02 Å². The molecule has 1 amide bonds. The summed E-state index contributed by atoms with van der Waals surface area (Å²) in [5.74, 6) is -1.45. The molecule has 124 valence electrons. The summed E-state index contributed by atoms with van der Waals surface area (Å²) in [6, 6.07) is 12.7. The maximum absolute atomic E-state index is 12.7. The zero-order chi connectivity index (χ0) is 17.4. The average molecular weight is 348 g/mol. The number of hydrogen-bond acceptors (Lipinski definition) is 3. The molecule has 0 aliphatic heterocycles. The highest BCUT2D eigenvalue weighted by Crippen LogP contribution is 2.14. The molecule has 0 aromatic heterocycles. The third-order valence-electron chi connectivity index (χ3n) is 3.06. The number of amides is 1. The quantitative estimate of drug-likeness (QED) is 0.644. The Kier molecular flexibility index (Phi) is 6.51. The van der Waals surface area contributed by atoms with E-state index in [1.165, 1.54) is 36.4 Å². The number of carbonyl (C=O) groups excluding carboxylic acids is 2. The summed E-state index contributed by atoms with van der Waals surface area (Å²) >= 11 is 5.98. The van der Waals surface area contributed by atoms with Crippen LogP contribution in [0.5, 0.6) is 0 Å². The second kappa shape index (κ2) is 8.84. The summed E-state index contributed by atoms with van der Waals surface area (Å²) in [6.45, 7) is -0.140. The first-order valence-corrected chi connectivity index (χ1v) is 7.53. The van der Waals surface area contributed by atoms with Crippen LogP contribution < -0.4 is 5.32 Å². The molecule has 4 nitrogen and oxygen atoms in total. The molecular formula is C18H15ClFNO3. The second-order valence-corrected chi connectivity index (χ2v) is 5.27. The van der Waals surface area contributed by atoms with Crippen molar-refractivity contribution < 1.29 is 18.7 Å². The fraction of sp³-hybridized carbons (Fsp3) is 0.111. The molecule has 24 heavy (non-hydrogen) atoms. The molecule has 0 radical (unpaired) electrons. The van der Waals surface area contributed by atoms with Crippen LogP contribution in [0.3, 0.4) is 0 Å². The highest BCUT2D eigenvalue weighted by molar-refractivity contribution is 6.31. The number of hydrogen-bond donors (Lipinski definition) is 1. The van der Waals surface area contributed by atoms with E-state index in [4.69, 9.17) is 16.3 Å². The van der Waals surface area contributed by atoms with Gasteiger partial charge in [0, 0.05) is 17.6 Å². The first kappa shape index (κ1) is 17.7. The first-order chi connectivity index (χ1) is 11.5. The van der Waals surface area contributed by atoms with E-state index in [1.807, 2.05) is 6.07 Å².